The second-order valence-corrected chi connectivity index (χ2v) is 6.74. The van der Waals surface area contributed by atoms with Crippen LogP contribution in [0, 0.1) is 0 Å². The van der Waals surface area contributed by atoms with E-state index in [9.17, 15) is 0 Å². The van der Waals surface area contributed by atoms with Crippen molar-refractivity contribution in [1.82, 2.24) is 10.3 Å². The highest BCUT2D eigenvalue weighted by Gasteiger charge is 2.14. The molecule has 27 heavy (non-hydrogen) atoms. The first-order valence-corrected chi connectivity index (χ1v) is 9.34. The first kappa shape index (κ1) is 23.8. The van der Waals surface area contributed by atoms with Crippen molar-refractivity contribution in [3.8, 4) is 11.5 Å². The number of halogens is 3. The molecule has 0 spiro atoms. The molecule has 0 atom stereocenters. The summed E-state index contributed by atoms with van der Waals surface area (Å²) in [6, 6.07) is 10.5. The summed E-state index contributed by atoms with van der Waals surface area (Å²) in [4.78, 5) is 4.07. The SMILES string of the molecule is CCOc1cc(CNC2CCCC2)ccc1OCc1ccc(Cl)nc1.Cl.Cl. The van der Waals surface area contributed by atoms with Crippen LogP contribution in [-0.4, -0.2) is 17.6 Å². The zero-order chi connectivity index (χ0) is 17.5. The van der Waals surface area contributed by atoms with E-state index in [4.69, 9.17) is 21.1 Å². The molecule has 1 aromatic carbocycles. The molecule has 0 unspecified atom stereocenters. The molecule has 2 aromatic rings. The fourth-order valence-corrected chi connectivity index (χ4v) is 3.21. The van der Waals surface area contributed by atoms with Crippen molar-refractivity contribution in [1.29, 1.82) is 0 Å². The summed E-state index contributed by atoms with van der Waals surface area (Å²) < 4.78 is 11.7. The third-order valence-electron chi connectivity index (χ3n) is 4.44. The average molecular weight is 434 g/mol. The lowest BCUT2D eigenvalue weighted by Gasteiger charge is -2.15. The zero-order valence-electron chi connectivity index (χ0n) is 15.4. The van der Waals surface area contributed by atoms with Crippen LogP contribution in [0.3, 0.4) is 0 Å². The van der Waals surface area contributed by atoms with E-state index in [-0.39, 0.29) is 24.8 Å². The summed E-state index contributed by atoms with van der Waals surface area (Å²) >= 11 is 5.81. The largest absolute Gasteiger partial charge is 0.490 e. The summed E-state index contributed by atoms with van der Waals surface area (Å²) in [5.74, 6) is 1.54. The molecule has 150 valence electrons. The van der Waals surface area contributed by atoms with Gasteiger partial charge in [-0.05, 0) is 43.5 Å². The predicted octanol–water partition coefficient (Wildman–Crippen LogP) is 5.59. The van der Waals surface area contributed by atoms with Gasteiger partial charge >= 0.3 is 0 Å². The maximum absolute atomic E-state index is 5.92. The van der Waals surface area contributed by atoms with Gasteiger partial charge in [-0.15, -0.1) is 24.8 Å². The molecular formula is C20H27Cl3N2O2. The normalized spacial score (nSPS) is 13.6. The molecule has 1 aromatic heterocycles. The number of aromatic nitrogens is 1. The smallest absolute Gasteiger partial charge is 0.161 e. The molecule has 7 heteroatoms. The van der Waals surface area contributed by atoms with E-state index in [2.05, 4.69) is 22.4 Å². The number of pyridine rings is 1. The summed E-state index contributed by atoms with van der Waals surface area (Å²) in [5, 5.41) is 4.12. The Bertz CT molecular complexity index is 677. The standard InChI is InChI=1S/C20H25ClN2O2.2ClH/c1-2-24-19-11-15(12-22-17-5-3-4-6-17)7-9-18(19)25-14-16-8-10-20(21)23-13-16;;/h7-11,13,17,22H,2-6,12,14H2,1H3;2*1H. The van der Waals surface area contributed by atoms with Gasteiger partial charge in [0.2, 0.25) is 0 Å². The van der Waals surface area contributed by atoms with Crippen molar-refractivity contribution in [2.45, 2.75) is 51.8 Å². The van der Waals surface area contributed by atoms with Gasteiger partial charge in [-0.1, -0.05) is 36.6 Å². The Morgan fingerprint density at radius 1 is 1.04 bits per heavy atom. The van der Waals surface area contributed by atoms with Gasteiger partial charge < -0.3 is 14.8 Å². The number of nitrogens with one attached hydrogen (secondary N) is 1. The Morgan fingerprint density at radius 3 is 2.44 bits per heavy atom. The van der Waals surface area contributed by atoms with Gasteiger partial charge in [-0.2, -0.15) is 0 Å². The highest BCUT2D eigenvalue weighted by molar-refractivity contribution is 6.29. The van der Waals surface area contributed by atoms with E-state index in [0.717, 1.165) is 23.6 Å². The number of benzene rings is 1. The molecule has 1 aliphatic rings. The summed E-state index contributed by atoms with van der Waals surface area (Å²) in [6.45, 7) is 3.89. The van der Waals surface area contributed by atoms with Gasteiger partial charge in [0.1, 0.15) is 11.8 Å². The van der Waals surface area contributed by atoms with E-state index in [1.54, 1.807) is 12.3 Å². The number of nitrogens with zero attached hydrogens (tertiary/aromatic N) is 1. The fourth-order valence-electron chi connectivity index (χ4n) is 3.10. The second-order valence-electron chi connectivity index (χ2n) is 6.35. The molecule has 0 amide bonds. The molecule has 1 N–H and O–H groups in total. The Morgan fingerprint density at radius 2 is 1.78 bits per heavy atom. The van der Waals surface area contributed by atoms with E-state index in [1.807, 2.05) is 19.1 Å². The molecule has 0 radical (unpaired) electrons. The molecule has 3 rings (SSSR count). The molecule has 1 aliphatic carbocycles. The van der Waals surface area contributed by atoms with Crippen molar-refractivity contribution in [3.63, 3.8) is 0 Å². The third kappa shape index (κ3) is 7.38. The van der Waals surface area contributed by atoms with E-state index in [0.29, 0.717) is 24.4 Å². The van der Waals surface area contributed by atoms with Crippen LogP contribution in [0.5, 0.6) is 11.5 Å². The minimum Gasteiger partial charge on any atom is -0.490 e. The lowest BCUT2D eigenvalue weighted by atomic mass is 10.1. The van der Waals surface area contributed by atoms with Crippen molar-refractivity contribution in [3.05, 3.63) is 52.8 Å². The van der Waals surface area contributed by atoms with E-state index in [1.165, 1.54) is 31.2 Å². The van der Waals surface area contributed by atoms with Crippen LogP contribution in [0.25, 0.3) is 0 Å². The van der Waals surface area contributed by atoms with Gasteiger partial charge in [0.05, 0.1) is 6.61 Å². The van der Waals surface area contributed by atoms with Crippen LogP contribution in [0.1, 0.15) is 43.7 Å². The maximum atomic E-state index is 5.92. The van der Waals surface area contributed by atoms with Crippen LogP contribution in [0.4, 0.5) is 0 Å². The van der Waals surface area contributed by atoms with Gasteiger partial charge in [0.25, 0.3) is 0 Å². The maximum Gasteiger partial charge on any atom is 0.161 e. The number of ether oxygens (including phenoxy) is 2. The molecule has 0 bridgehead atoms. The van der Waals surface area contributed by atoms with Gasteiger partial charge in [0.15, 0.2) is 11.5 Å². The van der Waals surface area contributed by atoms with E-state index < -0.39 is 0 Å². The van der Waals surface area contributed by atoms with Gasteiger partial charge in [-0.25, -0.2) is 4.98 Å². The number of hydrogen-bond donors (Lipinski definition) is 1. The van der Waals surface area contributed by atoms with Gasteiger partial charge in [-0.3, -0.25) is 0 Å². The fraction of sp³-hybridized carbons (Fsp3) is 0.450. The molecule has 0 saturated heterocycles. The van der Waals surface area contributed by atoms with Gasteiger partial charge in [0, 0.05) is 24.3 Å². The average Bonchev–Trinajstić information content (AvgIpc) is 3.14. The molecule has 0 aliphatic heterocycles. The van der Waals surface area contributed by atoms with E-state index >= 15 is 0 Å². The van der Waals surface area contributed by atoms with Crippen LogP contribution in [-0.2, 0) is 13.2 Å². The zero-order valence-corrected chi connectivity index (χ0v) is 17.8. The van der Waals surface area contributed by atoms with Crippen molar-refractivity contribution < 1.29 is 9.47 Å². The lowest BCUT2D eigenvalue weighted by molar-refractivity contribution is 0.268. The predicted molar refractivity (Wildman–Crippen MR) is 115 cm³/mol. The summed E-state index contributed by atoms with van der Waals surface area (Å²) in [5.41, 5.74) is 2.19. The highest BCUT2D eigenvalue weighted by Crippen LogP contribution is 2.29. The minimum absolute atomic E-state index is 0. The number of rotatable bonds is 8. The molecule has 4 nitrogen and oxygen atoms in total. The lowest BCUT2D eigenvalue weighted by Crippen LogP contribution is -2.25. The summed E-state index contributed by atoms with van der Waals surface area (Å²) in [6.07, 6.45) is 6.98. The van der Waals surface area contributed by atoms with Crippen molar-refractivity contribution in [2.75, 3.05) is 6.61 Å². The minimum atomic E-state index is 0. The van der Waals surface area contributed by atoms with Crippen molar-refractivity contribution in [2.24, 2.45) is 0 Å². The Kier molecular flexibility index (Phi) is 10.9. The molecule has 1 fully saturated rings. The Balaban J connectivity index is 0.00000182. The highest BCUT2D eigenvalue weighted by atomic mass is 35.5. The molecule has 1 saturated carbocycles. The Labute approximate surface area is 178 Å². The first-order valence-electron chi connectivity index (χ1n) is 8.97. The molecule has 1 heterocycles. The number of hydrogen-bond acceptors (Lipinski definition) is 4. The first-order chi connectivity index (χ1) is 12.2. The van der Waals surface area contributed by atoms with Crippen molar-refractivity contribution >= 4 is 36.4 Å². The second kappa shape index (κ2) is 12.3. The van der Waals surface area contributed by atoms with Crippen LogP contribution >= 0.6 is 36.4 Å². The molecular weight excluding hydrogens is 407 g/mol. The Hall–Kier alpha value is -1.20. The van der Waals surface area contributed by atoms with Crippen LogP contribution in [0.2, 0.25) is 5.15 Å². The topological polar surface area (TPSA) is 43.4 Å². The van der Waals surface area contributed by atoms with Crippen LogP contribution < -0.4 is 14.8 Å². The monoisotopic (exact) mass is 432 g/mol. The van der Waals surface area contributed by atoms with Crippen LogP contribution in [0.15, 0.2) is 36.5 Å². The third-order valence-corrected chi connectivity index (χ3v) is 4.66. The summed E-state index contributed by atoms with van der Waals surface area (Å²) in [7, 11) is 0. The quantitative estimate of drug-likeness (QED) is 0.551.